The van der Waals surface area contributed by atoms with Gasteiger partial charge in [-0.25, -0.2) is 0 Å². The van der Waals surface area contributed by atoms with Gasteiger partial charge in [-0.05, 0) is 92.7 Å². The molecular formula is C18H21N. The van der Waals surface area contributed by atoms with Crippen molar-refractivity contribution >= 4 is 10.9 Å². The van der Waals surface area contributed by atoms with Crippen molar-refractivity contribution in [3.8, 4) is 0 Å². The van der Waals surface area contributed by atoms with Gasteiger partial charge in [0.1, 0.15) is 0 Å². The van der Waals surface area contributed by atoms with Crippen LogP contribution in [0.5, 0.6) is 0 Å². The summed E-state index contributed by atoms with van der Waals surface area (Å²) in [4.78, 5) is 4.98. The van der Waals surface area contributed by atoms with Crippen molar-refractivity contribution in [1.82, 2.24) is 4.98 Å². The highest BCUT2D eigenvalue weighted by Gasteiger charge is 2.18. The van der Waals surface area contributed by atoms with Crippen LogP contribution in [0.2, 0.25) is 0 Å². The van der Waals surface area contributed by atoms with Gasteiger partial charge in [0.15, 0.2) is 0 Å². The highest BCUT2D eigenvalue weighted by molar-refractivity contribution is 5.85. The fourth-order valence-electron chi connectivity index (χ4n) is 3.89. The quantitative estimate of drug-likeness (QED) is 0.680. The van der Waals surface area contributed by atoms with Gasteiger partial charge in [-0.3, -0.25) is 4.98 Å². The zero-order valence-corrected chi connectivity index (χ0v) is 11.8. The molecule has 98 valence electrons. The SMILES string of the molecule is Cc1c2c(nc3cc4c(cc13)CCCC4)CCCC2. The molecule has 1 heterocycles. The Kier molecular flexibility index (Phi) is 2.61. The lowest BCUT2D eigenvalue weighted by atomic mass is 9.86. The van der Waals surface area contributed by atoms with Crippen LogP contribution in [0.4, 0.5) is 0 Å². The van der Waals surface area contributed by atoms with Crippen molar-refractivity contribution in [2.45, 2.75) is 58.3 Å². The highest BCUT2D eigenvalue weighted by Crippen LogP contribution is 2.32. The van der Waals surface area contributed by atoms with Crippen LogP contribution in [0.3, 0.4) is 0 Å². The maximum absolute atomic E-state index is 4.98. The van der Waals surface area contributed by atoms with Gasteiger partial charge in [0.25, 0.3) is 0 Å². The van der Waals surface area contributed by atoms with Crippen LogP contribution in [0, 0.1) is 6.92 Å². The molecule has 0 radical (unpaired) electrons. The Morgan fingerprint density at radius 3 is 2.37 bits per heavy atom. The Bertz CT molecular complexity index is 649. The second kappa shape index (κ2) is 4.33. The Morgan fingerprint density at radius 1 is 0.842 bits per heavy atom. The van der Waals surface area contributed by atoms with E-state index >= 15 is 0 Å². The maximum Gasteiger partial charge on any atom is 0.0711 e. The summed E-state index contributed by atoms with van der Waals surface area (Å²) in [5.41, 5.74) is 8.83. The van der Waals surface area contributed by atoms with E-state index in [-0.39, 0.29) is 0 Å². The summed E-state index contributed by atoms with van der Waals surface area (Å²) in [6, 6.07) is 4.83. The van der Waals surface area contributed by atoms with E-state index in [9.17, 15) is 0 Å². The highest BCUT2D eigenvalue weighted by atomic mass is 14.7. The maximum atomic E-state index is 4.98. The molecule has 1 heteroatoms. The molecule has 0 atom stereocenters. The van der Waals surface area contributed by atoms with Crippen molar-refractivity contribution in [2.75, 3.05) is 0 Å². The van der Waals surface area contributed by atoms with Crippen LogP contribution in [-0.2, 0) is 25.7 Å². The lowest BCUT2D eigenvalue weighted by molar-refractivity contribution is 0.667. The minimum atomic E-state index is 1.18. The predicted molar refractivity (Wildman–Crippen MR) is 79.8 cm³/mol. The standard InChI is InChI=1S/C18H21N/c1-12-15-8-4-5-9-17(15)19-18-11-14-7-3-2-6-13(14)10-16(12)18/h10-11H,2-9H2,1H3. The van der Waals surface area contributed by atoms with Crippen molar-refractivity contribution in [3.63, 3.8) is 0 Å². The van der Waals surface area contributed by atoms with Gasteiger partial charge in [0.05, 0.1) is 5.52 Å². The van der Waals surface area contributed by atoms with E-state index in [1.165, 1.54) is 73.5 Å². The number of pyridine rings is 1. The molecular weight excluding hydrogens is 230 g/mol. The average molecular weight is 251 g/mol. The molecule has 4 rings (SSSR count). The molecule has 0 saturated heterocycles. The topological polar surface area (TPSA) is 12.9 Å². The summed E-state index contributed by atoms with van der Waals surface area (Å²) in [5, 5.41) is 1.42. The average Bonchev–Trinajstić information content (AvgIpc) is 2.46. The number of hydrogen-bond donors (Lipinski definition) is 0. The molecule has 2 aliphatic rings. The molecule has 0 N–H and O–H groups in total. The number of hydrogen-bond acceptors (Lipinski definition) is 1. The molecule has 1 aromatic carbocycles. The van der Waals surface area contributed by atoms with Crippen molar-refractivity contribution in [3.05, 3.63) is 40.1 Å². The first-order valence-corrected chi connectivity index (χ1v) is 7.77. The van der Waals surface area contributed by atoms with E-state index in [1.54, 1.807) is 16.7 Å². The number of aromatic nitrogens is 1. The summed E-state index contributed by atoms with van der Waals surface area (Å²) in [6.07, 6.45) is 10.3. The third-order valence-corrected chi connectivity index (χ3v) is 5.01. The van der Waals surface area contributed by atoms with Gasteiger partial charge in [-0.1, -0.05) is 0 Å². The molecule has 2 aromatic rings. The van der Waals surface area contributed by atoms with E-state index < -0.39 is 0 Å². The molecule has 19 heavy (non-hydrogen) atoms. The monoisotopic (exact) mass is 251 g/mol. The van der Waals surface area contributed by atoms with E-state index in [0.717, 1.165) is 0 Å². The zero-order valence-electron chi connectivity index (χ0n) is 11.8. The first-order chi connectivity index (χ1) is 9.33. The fraction of sp³-hybridized carbons (Fsp3) is 0.500. The molecule has 0 amide bonds. The molecule has 0 spiro atoms. The number of fused-ring (bicyclic) bond motifs is 3. The minimum absolute atomic E-state index is 1.18. The van der Waals surface area contributed by atoms with Crippen LogP contribution in [0.1, 0.15) is 53.6 Å². The van der Waals surface area contributed by atoms with E-state index in [4.69, 9.17) is 4.98 Å². The van der Waals surface area contributed by atoms with Crippen LogP contribution in [0.15, 0.2) is 12.1 Å². The summed E-state index contributed by atoms with van der Waals surface area (Å²) >= 11 is 0. The molecule has 0 aliphatic heterocycles. The van der Waals surface area contributed by atoms with Gasteiger partial charge in [-0.15, -0.1) is 0 Å². The van der Waals surface area contributed by atoms with E-state index in [0.29, 0.717) is 0 Å². The number of rotatable bonds is 0. The number of aryl methyl sites for hydroxylation is 4. The van der Waals surface area contributed by atoms with Crippen molar-refractivity contribution in [1.29, 1.82) is 0 Å². The van der Waals surface area contributed by atoms with E-state index in [1.807, 2.05) is 0 Å². The first-order valence-electron chi connectivity index (χ1n) is 7.77. The summed E-state index contributed by atoms with van der Waals surface area (Å²) in [5.74, 6) is 0. The lowest BCUT2D eigenvalue weighted by Gasteiger charge is -2.21. The Hall–Kier alpha value is -1.37. The molecule has 0 unspecified atom stereocenters. The second-order valence-corrected chi connectivity index (χ2v) is 6.21. The van der Waals surface area contributed by atoms with Crippen LogP contribution in [0.25, 0.3) is 10.9 Å². The first kappa shape index (κ1) is 11.5. The summed E-state index contributed by atoms with van der Waals surface area (Å²) in [7, 11) is 0. The second-order valence-electron chi connectivity index (χ2n) is 6.21. The van der Waals surface area contributed by atoms with Gasteiger partial charge in [-0.2, -0.15) is 0 Å². The number of nitrogens with zero attached hydrogens (tertiary/aromatic N) is 1. The minimum Gasteiger partial charge on any atom is -0.253 e. The molecule has 0 bridgehead atoms. The number of benzene rings is 1. The van der Waals surface area contributed by atoms with Gasteiger partial charge in [0.2, 0.25) is 0 Å². The van der Waals surface area contributed by atoms with E-state index in [2.05, 4.69) is 19.1 Å². The van der Waals surface area contributed by atoms with Crippen LogP contribution < -0.4 is 0 Å². The largest absolute Gasteiger partial charge is 0.253 e. The lowest BCUT2D eigenvalue weighted by Crippen LogP contribution is -2.09. The molecule has 0 saturated carbocycles. The zero-order chi connectivity index (χ0) is 12.8. The Labute approximate surface area is 115 Å². The van der Waals surface area contributed by atoms with Gasteiger partial charge >= 0.3 is 0 Å². The van der Waals surface area contributed by atoms with Crippen LogP contribution in [-0.4, -0.2) is 4.98 Å². The smallest absolute Gasteiger partial charge is 0.0711 e. The van der Waals surface area contributed by atoms with Crippen LogP contribution >= 0.6 is 0 Å². The summed E-state index contributed by atoms with van der Waals surface area (Å²) in [6.45, 7) is 2.31. The third kappa shape index (κ3) is 1.79. The predicted octanol–water partition coefficient (Wildman–Crippen LogP) is 4.30. The molecule has 2 aliphatic carbocycles. The Balaban J connectivity index is 1.99. The molecule has 0 fully saturated rings. The Morgan fingerprint density at radius 2 is 1.53 bits per heavy atom. The van der Waals surface area contributed by atoms with Gasteiger partial charge < -0.3 is 0 Å². The molecule has 1 aromatic heterocycles. The van der Waals surface area contributed by atoms with Crippen molar-refractivity contribution < 1.29 is 0 Å². The van der Waals surface area contributed by atoms with Crippen molar-refractivity contribution in [2.24, 2.45) is 0 Å². The normalized spacial score (nSPS) is 18.2. The third-order valence-electron chi connectivity index (χ3n) is 5.01. The fourth-order valence-corrected chi connectivity index (χ4v) is 3.89. The summed E-state index contributed by atoms with van der Waals surface area (Å²) < 4.78 is 0. The molecule has 1 nitrogen and oxygen atoms in total. The van der Waals surface area contributed by atoms with Gasteiger partial charge in [0, 0.05) is 11.1 Å².